The van der Waals surface area contributed by atoms with Crippen LogP contribution in [0.25, 0.3) is 11.4 Å². The molecule has 0 unspecified atom stereocenters. The maximum atomic E-state index is 12.4. The number of aromatic amines is 1. The Hall–Kier alpha value is -2.17. The zero-order chi connectivity index (χ0) is 16.1. The topological polar surface area (TPSA) is 61.9 Å². The van der Waals surface area contributed by atoms with Crippen LogP contribution in [0.1, 0.15) is 44.3 Å². The van der Waals surface area contributed by atoms with Crippen LogP contribution in [-0.2, 0) is 11.2 Å². The third-order valence-electron chi connectivity index (χ3n) is 4.66. The van der Waals surface area contributed by atoms with Gasteiger partial charge < -0.3 is 4.90 Å². The largest absolute Gasteiger partial charge is 0.343 e. The van der Waals surface area contributed by atoms with Gasteiger partial charge in [0, 0.05) is 31.5 Å². The normalized spacial score (nSPS) is 15.5. The molecule has 1 aliphatic carbocycles. The van der Waals surface area contributed by atoms with Crippen LogP contribution in [0, 0.1) is 0 Å². The van der Waals surface area contributed by atoms with Crippen molar-refractivity contribution in [2.45, 2.75) is 51.0 Å². The van der Waals surface area contributed by atoms with Crippen molar-refractivity contribution < 1.29 is 4.79 Å². The van der Waals surface area contributed by atoms with Crippen LogP contribution >= 0.6 is 0 Å². The van der Waals surface area contributed by atoms with Crippen molar-refractivity contribution in [3.63, 3.8) is 0 Å². The molecule has 0 aliphatic heterocycles. The summed E-state index contributed by atoms with van der Waals surface area (Å²) < 4.78 is 0. The predicted octanol–water partition coefficient (Wildman–Crippen LogP) is 3.20. The van der Waals surface area contributed by atoms with Crippen LogP contribution in [0.5, 0.6) is 0 Å². The first-order chi connectivity index (χ1) is 11.2. The number of rotatable bonds is 5. The second-order valence-corrected chi connectivity index (χ2v) is 6.27. The van der Waals surface area contributed by atoms with E-state index in [4.69, 9.17) is 0 Å². The number of benzene rings is 1. The molecule has 1 N–H and O–H groups in total. The molecule has 0 bridgehead atoms. The number of amides is 1. The van der Waals surface area contributed by atoms with Gasteiger partial charge in [-0.2, -0.15) is 5.10 Å². The Balaban J connectivity index is 1.54. The summed E-state index contributed by atoms with van der Waals surface area (Å²) in [6.07, 6.45) is 7.16. The van der Waals surface area contributed by atoms with E-state index in [1.165, 1.54) is 19.3 Å². The first-order valence-electron chi connectivity index (χ1n) is 8.46. The van der Waals surface area contributed by atoms with Crippen molar-refractivity contribution in [1.29, 1.82) is 0 Å². The second-order valence-electron chi connectivity index (χ2n) is 6.27. The number of carbonyl (C=O) groups is 1. The van der Waals surface area contributed by atoms with Gasteiger partial charge in [0.15, 0.2) is 5.82 Å². The van der Waals surface area contributed by atoms with E-state index in [2.05, 4.69) is 15.2 Å². The summed E-state index contributed by atoms with van der Waals surface area (Å²) in [5.74, 6) is 1.66. The molecule has 1 aromatic heterocycles. The van der Waals surface area contributed by atoms with E-state index in [9.17, 15) is 4.79 Å². The molecule has 0 saturated heterocycles. The molecule has 2 aromatic rings. The van der Waals surface area contributed by atoms with Gasteiger partial charge >= 0.3 is 0 Å². The van der Waals surface area contributed by atoms with E-state index in [0.29, 0.717) is 24.7 Å². The number of H-pyrrole nitrogens is 1. The standard InChI is InChI=1S/C18H24N4O/c1-22(15-10-6-3-7-11-15)17(23)13-12-16-19-18(21-20-16)14-8-4-2-5-9-14/h2,4-5,8-9,15H,3,6-7,10-13H2,1H3,(H,19,20,21). The molecule has 0 atom stereocenters. The maximum absolute atomic E-state index is 12.4. The lowest BCUT2D eigenvalue weighted by molar-refractivity contribution is -0.132. The number of nitrogens with one attached hydrogen (secondary N) is 1. The monoisotopic (exact) mass is 312 g/mol. The summed E-state index contributed by atoms with van der Waals surface area (Å²) in [5, 5.41) is 7.18. The molecule has 1 heterocycles. The molecule has 5 nitrogen and oxygen atoms in total. The summed E-state index contributed by atoms with van der Waals surface area (Å²) in [6, 6.07) is 10.3. The fourth-order valence-corrected chi connectivity index (χ4v) is 3.20. The fraction of sp³-hybridized carbons (Fsp3) is 0.500. The minimum absolute atomic E-state index is 0.203. The van der Waals surface area contributed by atoms with E-state index in [1.54, 1.807) is 0 Å². The molecule has 3 rings (SSSR count). The van der Waals surface area contributed by atoms with Gasteiger partial charge in [0.2, 0.25) is 5.91 Å². The van der Waals surface area contributed by atoms with Crippen LogP contribution in [0.3, 0.4) is 0 Å². The summed E-state index contributed by atoms with van der Waals surface area (Å²) in [4.78, 5) is 18.8. The minimum Gasteiger partial charge on any atom is -0.343 e. The maximum Gasteiger partial charge on any atom is 0.223 e. The lowest BCUT2D eigenvalue weighted by atomic mass is 9.94. The Morgan fingerprint density at radius 1 is 1.22 bits per heavy atom. The number of aromatic nitrogens is 3. The van der Waals surface area contributed by atoms with Crippen molar-refractivity contribution in [3.05, 3.63) is 36.2 Å². The highest BCUT2D eigenvalue weighted by molar-refractivity contribution is 5.76. The molecule has 122 valence electrons. The quantitative estimate of drug-likeness (QED) is 0.922. The van der Waals surface area contributed by atoms with Crippen LogP contribution in [0.15, 0.2) is 30.3 Å². The van der Waals surface area contributed by atoms with Crippen molar-refractivity contribution in [3.8, 4) is 11.4 Å². The summed E-state index contributed by atoms with van der Waals surface area (Å²) in [6.45, 7) is 0. The van der Waals surface area contributed by atoms with Crippen LogP contribution < -0.4 is 0 Å². The Morgan fingerprint density at radius 2 is 1.96 bits per heavy atom. The number of hydrogen-bond acceptors (Lipinski definition) is 3. The van der Waals surface area contributed by atoms with Crippen molar-refractivity contribution >= 4 is 5.91 Å². The molecule has 23 heavy (non-hydrogen) atoms. The zero-order valence-electron chi connectivity index (χ0n) is 13.7. The first-order valence-corrected chi connectivity index (χ1v) is 8.46. The smallest absolute Gasteiger partial charge is 0.223 e. The molecule has 5 heteroatoms. The highest BCUT2D eigenvalue weighted by Gasteiger charge is 2.22. The van der Waals surface area contributed by atoms with Crippen LogP contribution in [-0.4, -0.2) is 39.1 Å². The highest BCUT2D eigenvalue weighted by Crippen LogP contribution is 2.22. The molecule has 1 saturated carbocycles. The molecule has 1 aliphatic rings. The van der Waals surface area contributed by atoms with Crippen LogP contribution in [0.4, 0.5) is 0 Å². The van der Waals surface area contributed by atoms with E-state index in [0.717, 1.165) is 24.2 Å². The number of nitrogens with zero attached hydrogens (tertiary/aromatic N) is 3. The first kappa shape index (κ1) is 15.7. The zero-order valence-corrected chi connectivity index (χ0v) is 13.7. The van der Waals surface area contributed by atoms with Gasteiger partial charge in [0.05, 0.1) is 0 Å². The molecular formula is C18H24N4O. The van der Waals surface area contributed by atoms with Crippen molar-refractivity contribution in [2.75, 3.05) is 7.05 Å². The summed E-state index contributed by atoms with van der Waals surface area (Å²) in [7, 11) is 1.94. The Labute approximate surface area is 137 Å². The average molecular weight is 312 g/mol. The summed E-state index contributed by atoms with van der Waals surface area (Å²) in [5.41, 5.74) is 0.987. The van der Waals surface area contributed by atoms with E-state index < -0.39 is 0 Å². The molecular weight excluding hydrogens is 288 g/mol. The number of hydrogen-bond donors (Lipinski definition) is 1. The third-order valence-corrected chi connectivity index (χ3v) is 4.66. The van der Waals surface area contributed by atoms with Crippen molar-refractivity contribution in [2.24, 2.45) is 0 Å². The molecule has 1 amide bonds. The summed E-state index contributed by atoms with van der Waals surface area (Å²) >= 11 is 0. The SMILES string of the molecule is CN(C(=O)CCc1nc(-c2ccccc2)n[nH]1)C1CCCCC1. The predicted molar refractivity (Wildman–Crippen MR) is 89.8 cm³/mol. The lowest BCUT2D eigenvalue weighted by Crippen LogP contribution is -2.38. The van der Waals surface area contributed by atoms with Gasteiger partial charge in [-0.15, -0.1) is 0 Å². The number of aryl methyl sites for hydroxylation is 1. The third kappa shape index (κ3) is 3.97. The van der Waals surface area contributed by atoms with Gasteiger partial charge in [-0.25, -0.2) is 4.98 Å². The fourth-order valence-electron chi connectivity index (χ4n) is 3.20. The van der Waals surface area contributed by atoms with Gasteiger partial charge in [-0.3, -0.25) is 9.89 Å². The Morgan fingerprint density at radius 3 is 2.70 bits per heavy atom. The second kappa shape index (κ2) is 7.40. The van der Waals surface area contributed by atoms with Gasteiger partial charge in [0.25, 0.3) is 0 Å². The molecule has 0 spiro atoms. The van der Waals surface area contributed by atoms with E-state index in [-0.39, 0.29) is 5.91 Å². The molecule has 1 fully saturated rings. The Bertz CT molecular complexity index is 631. The lowest BCUT2D eigenvalue weighted by Gasteiger charge is -2.31. The molecule has 0 radical (unpaired) electrons. The minimum atomic E-state index is 0.203. The average Bonchev–Trinajstić information content (AvgIpc) is 3.09. The van der Waals surface area contributed by atoms with Crippen LogP contribution in [0.2, 0.25) is 0 Å². The van der Waals surface area contributed by atoms with E-state index >= 15 is 0 Å². The van der Waals surface area contributed by atoms with Crippen molar-refractivity contribution in [1.82, 2.24) is 20.1 Å². The highest BCUT2D eigenvalue weighted by atomic mass is 16.2. The molecule has 1 aromatic carbocycles. The number of carbonyl (C=O) groups excluding carboxylic acids is 1. The van der Waals surface area contributed by atoms with Gasteiger partial charge in [0.1, 0.15) is 5.82 Å². The van der Waals surface area contributed by atoms with E-state index in [1.807, 2.05) is 42.3 Å². The van der Waals surface area contributed by atoms with Gasteiger partial charge in [-0.1, -0.05) is 49.6 Å². The van der Waals surface area contributed by atoms with Gasteiger partial charge in [-0.05, 0) is 12.8 Å². The Kier molecular flexibility index (Phi) is 5.05.